The molecule has 0 spiro atoms. The predicted molar refractivity (Wildman–Crippen MR) is 179 cm³/mol. The van der Waals surface area contributed by atoms with Crippen LogP contribution in [0.4, 0.5) is 11.5 Å². The molecule has 1 unspecified atom stereocenters. The molecule has 3 fully saturated rings. The van der Waals surface area contributed by atoms with Gasteiger partial charge in [-0.15, -0.1) is 0 Å². The summed E-state index contributed by atoms with van der Waals surface area (Å²) in [6, 6.07) is 7.93. The van der Waals surface area contributed by atoms with Crippen LogP contribution < -0.4 is 31.3 Å². The van der Waals surface area contributed by atoms with Gasteiger partial charge >= 0.3 is 0 Å². The predicted octanol–water partition coefficient (Wildman–Crippen LogP) is 0.594. The van der Waals surface area contributed by atoms with Crippen molar-refractivity contribution < 1.29 is 28.7 Å². The summed E-state index contributed by atoms with van der Waals surface area (Å²) in [7, 11) is 1.50. The Morgan fingerprint density at radius 3 is 2.56 bits per heavy atom. The third kappa shape index (κ3) is 6.71. The minimum absolute atomic E-state index is 0.0393. The van der Waals surface area contributed by atoms with E-state index in [1.807, 2.05) is 12.1 Å². The molecule has 3 aromatic heterocycles. The topological polar surface area (TPSA) is 211 Å². The van der Waals surface area contributed by atoms with E-state index < -0.39 is 29.7 Å². The second kappa shape index (κ2) is 13.6. The van der Waals surface area contributed by atoms with Crippen LogP contribution in [0.25, 0.3) is 5.65 Å². The van der Waals surface area contributed by atoms with Gasteiger partial charge in [0, 0.05) is 69.5 Å². The number of hydrogen-bond acceptors (Lipinski definition) is 11. The van der Waals surface area contributed by atoms with Gasteiger partial charge in [0.25, 0.3) is 17.7 Å². The van der Waals surface area contributed by atoms with Crippen molar-refractivity contribution in [3.8, 4) is 5.75 Å². The van der Waals surface area contributed by atoms with Crippen molar-refractivity contribution in [2.75, 3.05) is 50.1 Å². The SMILES string of the molecule is COc1cc(N2CCC(CN3CC(n4cc(C(N)=O)c(NC(=O)c5ccc6nccn6n5)n4)C3)CC2)ccc1C(=O)NC1CCC(=O)NC1=O. The van der Waals surface area contributed by atoms with Gasteiger partial charge in [0.15, 0.2) is 11.5 Å². The lowest BCUT2D eigenvalue weighted by Gasteiger charge is -2.43. The standard InChI is InChI=1S/C33H37N11O6/c1-50-26-14-20(2-3-22(26)31(47)36-24-5-7-28(45)37-32(24)48)42-11-8-19(9-12-42)15-41-16-21(17-41)44-18-23(29(34)46)30(40-44)38-33(49)25-4-6-27-35-10-13-43(27)39-25/h2-4,6,10,13-14,18-19,21,24H,5,7-9,11-12,15-17H2,1H3,(H2,34,46)(H,36,47)(H,37,45,48)(H,38,40,49). The van der Waals surface area contributed by atoms with Crippen molar-refractivity contribution in [3.05, 3.63) is 65.7 Å². The Labute approximate surface area is 286 Å². The molecule has 0 radical (unpaired) electrons. The quantitative estimate of drug-likeness (QED) is 0.170. The minimum Gasteiger partial charge on any atom is -0.496 e. The van der Waals surface area contributed by atoms with Crippen molar-refractivity contribution in [1.82, 2.24) is 39.9 Å². The van der Waals surface area contributed by atoms with Crippen molar-refractivity contribution in [3.63, 3.8) is 0 Å². The lowest BCUT2D eigenvalue weighted by Crippen LogP contribution is -2.52. The van der Waals surface area contributed by atoms with E-state index in [0.29, 0.717) is 22.9 Å². The van der Waals surface area contributed by atoms with Crippen LogP contribution in [0.15, 0.2) is 48.9 Å². The number of benzene rings is 1. The van der Waals surface area contributed by atoms with Crippen LogP contribution in [0.1, 0.15) is 62.9 Å². The zero-order chi connectivity index (χ0) is 34.9. The molecule has 3 saturated heterocycles. The molecular formula is C33H37N11O6. The fourth-order valence-corrected chi connectivity index (χ4v) is 6.69. The molecule has 5 N–H and O–H groups in total. The largest absolute Gasteiger partial charge is 0.496 e. The molecule has 50 heavy (non-hydrogen) atoms. The minimum atomic E-state index is -0.768. The molecule has 3 aliphatic heterocycles. The zero-order valence-corrected chi connectivity index (χ0v) is 27.4. The number of primary amides is 1. The highest BCUT2D eigenvalue weighted by atomic mass is 16.5. The summed E-state index contributed by atoms with van der Waals surface area (Å²) in [5.41, 5.74) is 7.77. The van der Waals surface area contributed by atoms with Crippen LogP contribution in [-0.2, 0) is 9.59 Å². The van der Waals surface area contributed by atoms with Gasteiger partial charge in [0.2, 0.25) is 11.8 Å². The fraction of sp³-hybridized carbons (Fsp3) is 0.394. The molecule has 1 aromatic carbocycles. The number of hydrogen-bond donors (Lipinski definition) is 4. The summed E-state index contributed by atoms with van der Waals surface area (Å²) in [5, 5.41) is 16.4. The summed E-state index contributed by atoms with van der Waals surface area (Å²) in [6.45, 7) is 4.14. The molecule has 3 aliphatic rings. The molecule has 260 valence electrons. The number of carbonyl (C=O) groups excluding carboxylic acids is 5. The van der Waals surface area contributed by atoms with E-state index in [0.717, 1.165) is 51.3 Å². The molecular weight excluding hydrogens is 646 g/mol. The highest BCUT2D eigenvalue weighted by Crippen LogP contribution is 2.31. The smallest absolute Gasteiger partial charge is 0.277 e. The number of nitrogens with one attached hydrogen (secondary N) is 3. The summed E-state index contributed by atoms with van der Waals surface area (Å²) < 4.78 is 8.72. The normalized spacial score (nSPS) is 18.8. The van der Waals surface area contributed by atoms with Gasteiger partial charge in [-0.1, -0.05) is 0 Å². The zero-order valence-electron chi connectivity index (χ0n) is 27.4. The number of methoxy groups -OCH3 is 1. The molecule has 4 aromatic rings. The molecule has 5 amide bonds. The number of piperidine rings is 2. The van der Waals surface area contributed by atoms with Crippen LogP contribution in [0.2, 0.25) is 0 Å². The average molecular weight is 684 g/mol. The number of likely N-dealkylation sites (tertiary alicyclic amines) is 1. The van der Waals surface area contributed by atoms with Crippen LogP contribution in [-0.4, -0.2) is 105 Å². The number of imidazole rings is 1. The number of imide groups is 1. The van der Waals surface area contributed by atoms with Gasteiger partial charge in [-0.25, -0.2) is 9.50 Å². The van der Waals surface area contributed by atoms with Gasteiger partial charge in [-0.05, 0) is 49.4 Å². The summed E-state index contributed by atoms with van der Waals surface area (Å²) in [4.78, 5) is 70.3. The second-order valence-corrected chi connectivity index (χ2v) is 12.8. The Hall–Kier alpha value is -5.84. The number of anilines is 2. The van der Waals surface area contributed by atoms with Gasteiger partial charge in [0.1, 0.15) is 23.0 Å². The Bertz CT molecular complexity index is 1980. The van der Waals surface area contributed by atoms with E-state index in [1.165, 1.54) is 11.6 Å². The molecule has 17 heteroatoms. The van der Waals surface area contributed by atoms with E-state index >= 15 is 0 Å². The van der Waals surface area contributed by atoms with Crippen LogP contribution in [0, 0.1) is 5.92 Å². The maximum absolute atomic E-state index is 13.0. The highest BCUT2D eigenvalue weighted by molar-refractivity contribution is 6.07. The Balaban J connectivity index is 0.899. The number of aromatic nitrogens is 5. The van der Waals surface area contributed by atoms with Crippen molar-refractivity contribution >= 4 is 46.7 Å². The maximum Gasteiger partial charge on any atom is 0.277 e. The first-order chi connectivity index (χ1) is 24.1. The van der Waals surface area contributed by atoms with Gasteiger partial charge in [-0.3, -0.25) is 38.9 Å². The third-order valence-corrected chi connectivity index (χ3v) is 9.50. The summed E-state index contributed by atoms with van der Waals surface area (Å²) in [6.07, 6.45) is 7.22. The van der Waals surface area contributed by atoms with E-state index in [-0.39, 0.29) is 41.9 Å². The second-order valence-electron chi connectivity index (χ2n) is 12.8. The fourth-order valence-electron chi connectivity index (χ4n) is 6.69. The number of fused-ring (bicyclic) bond motifs is 1. The number of ether oxygens (including phenoxy) is 1. The Morgan fingerprint density at radius 1 is 1.02 bits per heavy atom. The number of nitrogens with two attached hydrogens (primary N) is 1. The van der Waals surface area contributed by atoms with E-state index in [4.69, 9.17) is 10.5 Å². The molecule has 6 heterocycles. The molecule has 1 atom stereocenters. The molecule has 0 bridgehead atoms. The number of carbonyl (C=O) groups is 5. The molecule has 7 rings (SSSR count). The van der Waals surface area contributed by atoms with Crippen molar-refractivity contribution in [1.29, 1.82) is 0 Å². The van der Waals surface area contributed by atoms with E-state index in [1.54, 1.807) is 41.5 Å². The first kappa shape index (κ1) is 32.7. The van der Waals surface area contributed by atoms with Crippen LogP contribution in [0.3, 0.4) is 0 Å². The number of rotatable bonds is 10. The molecule has 0 aliphatic carbocycles. The van der Waals surface area contributed by atoms with E-state index in [2.05, 4.69) is 40.9 Å². The van der Waals surface area contributed by atoms with Gasteiger partial charge in [0.05, 0.1) is 18.7 Å². The molecule has 17 nitrogen and oxygen atoms in total. The number of nitrogens with zero attached hydrogens (tertiary/aromatic N) is 7. The lowest BCUT2D eigenvalue weighted by molar-refractivity contribution is -0.134. The first-order valence-corrected chi connectivity index (χ1v) is 16.5. The summed E-state index contributed by atoms with van der Waals surface area (Å²) in [5.74, 6) is -1.47. The Morgan fingerprint density at radius 2 is 1.82 bits per heavy atom. The average Bonchev–Trinajstić information content (AvgIpc) is 3.74. The molecule has 0 saturated carbocycles. The maximum atomic E-state index is 13.0. The van der Waals surface area contributed by atoms with Crippen molar-refractivity contribution in [2.45, 2.75) is 37.8 Å². The summed E-state index contributed by atoms with van der Waals surface area (Å²) >= 11 is 0. The third-order valence-electron chi connectivity index (χ3n) is 9.50. The number of amides is 5. The Kier molecular flexibility index (Phi) is 8.88. The van der Waals surface area contributed by atoms with Gasteiger partial charge in [-0.2, -0.15) is 10.2 Å². The van der Waals surface area contributed by atoms with E-state index in [9.17, 15) is 24.0 Å². The first-order valence-electron chi connectivity index (χ1n) is 16.5. The highest BCUT2D eigenvalue weighted by Gasteiger charge is 2.34. The lowest BCUT2D eigenvalue weighted by atomic mass is 9.94. The van der Waals surface area contributed by atoms with Gasteiger partial charge < -0.3 is 26.0 Å². The van der Waals surface area contributed by atoms with Crippen LogP contribution >= 0.6 is 0 Å². The monoisotopic (exact) mass is 683 g/mol. The van der Waals surface area contributed by atoms with Crippen molar-refractivity contribution in [2.24, 2.45) is 11.7 Å². The van der Waals surface area contributed by atoms with Crippen LogP contribution in [0.5, 0.6) is 5.75 Å².